The minimum absolute atomic E-state index is 1.27. The van der Waals surface area contributed by atoms with Crippen LogP contribution in [0.3, 0.4) is 0 Å². The van der Waals surface area contributed by atoms with Crippen molar-refractivity contribution >= 4 is 43.1 Å². The first-order chi connectivity index (χ1) is 16.9. The Morgan fingerprint density at radius 2 is 1.00 bits per heavy atom. The number of hydrogen-bond acceptors (Lipinski definition) is 0. The topological polar surface area (TPSA) is 0 Å². The van der Waals surface area contributed by atoms with E-state index in [9.17, 15) is 0 Å². The first-order valence-corrected chi connectivity index (χ1v) is 11.9. The van der Waals surface area contributed by atoms with Crippen LogP contribution in [-0.4, -0.2) is 0 Å². The van der Waals surface area contributed by atoms with E-state index in [1.54, 1.807) is 0 Å². The molecule has 7 aromatic rings. The molecule has 0 bridgehead atoms. The van der Waals surface area contributed by atoms with Gasteiger partial charge in [-0.15, -0.1) is 0 Å². The maximum atomic E-state index is 2.42. The summed E-state index contributed by atoms with van der Waals surface area (Å²) in [6.07, 6.45) is 0. The summed E-state index contributed by atoms with van der Waals surface area (Å²) in [6.45, 7) is 0. The minimum Gasteiger partial charge on any atom is -0.0622 e. The first-order valence-electron chi connectivity index (χ1n) is 11.9. The zero-order valence-electron chi connectivity index (χ0n) is 18.5. The molecule has 0 heterocycles. The van der Waals surface area contributed by atoms with E-state index in [-0.39, 0.29) is 0 Å². The third-order valence-electron chi connectivity index (χ3n) is 7.51. The standard InChI is InChI=1S/C34H20/c1-2-9-21(10-3-1)32-29-18-23-12-5-4-11-22(23)17-25(29)20-31-30-19-24-13-6-7-14-26(24)27-15-8-16-28(33(27)30)34(31)32/h1-20H. The summed E-state index contributed by atoms with van der Waals surface area (Å²) < 4.78 is 0. The molecular weight excluding hydrogens is 408 g/mol. The number of rotatable bonds is 1. The Kier molecular flexibility index (Phi) is 3.48. The molecule has 0 unspecified atom stereocenters. The predicted octanol–water partition coefficient (Wildman–Crippen LogP) is 9.61. The van der Waals surface area contributed by atoms with Crippen molar-refractivity contribution in [1.82, 2.24) is 0 Å². The van der Waals surface area contributed by atoms with Gasteiger partial charge in [0.25, 0.3) is 0 Å². The van der Waals surface area contributed by atoms with E-state index in [1.807, 2.05) is 0 Å². The van der Waals surface area contributed by atoms with Gasteiger partial charge in [-0.05, 0) is 101 Å². The Hall–Kier alpha value is -4.42. The summed E-state index contributed by atoms with van der Waals surface area (Å²) in [6, 6.07) is 44.8. The van der Waals surface area contributed by atoms with Crippen molar-refractivity contribution in [3.63, 3.8) is 0 Å². The molecule has 0 saturated carbocycles. The molecule has 1 aliphatic rings. The van der Waals surface area contributed by atoms with E-state index in [2.05, 4.69) is 121 Å². The van der Waals surface area contributed by atoms with Gasteiger partial charge in [-0.1, -0.05) is 97.1 Å². The van der Waals surface area contributed by atoms with Crippen LogP contribution in [0.15, 0.2) is 121 Å². The van der Waals surface area contributed by atoms with Crippen LogP contribution in [0.1, 0.15) is 0 Å². The molecule has 0 saturated heterocycles. The maximum absolute atomic E-state index is 2.42. The maximum Gasteiger partial charge on any atom is -0.00137 e. The molecule has 7 aromatic carbocycles. The number of benzene rings is 7. The molecule has 0 amide bonds. The Morgan fingerprint density at radius 3 is 1.85 bits per heavy atom. The zero-order chi connectivity index (χ0) is 22.2. The molecule has 0 nitrogen and oxygen atoms in total. The summed E-state index contributed by atoms with van der Waals surface area (Å²) in [4.78, 5) is 0. The van der Waals surface area contributed by atoms with Gasteiger partial charge >= 0.3 is 0 Å². The quantitative estimate of drug-likeness (QED) is 0.180. The van der Waals surface area contributed by atoms with E-state index in [0.29, 0.717) is 0 Å². The van der Waals surface area contributed by atoms with Crippen LogP contribution in [0.25, 0.3) is 76.5 Å². The van der Waals surface area contributed by atoms with Gasteiger partial charge in [0.15, 0.2) is 0 Å². The van der Waals surface area contributed by atoms with E-state index in [0.717, 1.165) is 0 Å². The lowest BCUT2D eigenvalue weighted by Crippen LogP contribution is -1.89. The molecule has 0 aromatic heterocycles. The van der Waals surface area contributed by atoms with E-state index >= 15 is 0 Å². The highest BCUT2D eigenvalue weighted by molar-refractivity contribution is 6.27. The van der Waals surface area contributed by atoms with E-state index < -0.39 is 0 Å². The second-order valence-electron chi connectivity index (χ2n) is 9.33. The monoisotopic (exact) mass is 428 g/mol. The number of hydrogen-bond donors (Lipinski definition) is 0. The van der Waals surface area contributed by atoms with Crippen LogP contribution >= 0.6 is 0 Å². The fraction of sp³-hybridized carbons (Fsp3) is 0. The van der Waals surface area contributed by atoms with Crippen molar-refractivity contribution in [2.24, 2.45) is 0 Å². The number of fused-ring (bicyclic) bond motifs is 7. The predicted molar refractivity (Wildman–Crippen MR) is 146 cm³/mol. The van der Waals surface area contributed by atoms with Gasteiger partial charge in [-0.25, -0.2) is 0 Å². The largest absolute Gasteiger partial charge is 0.0622 e. The normalized spacial score (nSPS) is 12.1. The SMILES string of the molecule is c1ccc(-c2c3c(cc4cc5ccccc5cc24)-c2cc4ccccc4c4cccc-3c24)cc1. The summed E-state index contributed by atoms with van der Waals surface area (Å²) in [5, 5.41) is 10.5. The van der Waals surface area contributed by atoms with Crippen molar-refractivity contribution < 1.29 is 0 Å². The van der Waals surface area contributed by atoms with Crippen LogP contribution in [0.2, 0.25) is 0 Å². The highest BCUT2D eigenvalue weighted by atomic mass is 14.3. The van der Waals surface area contributed by atoms with Crippen molar-refractivity contribution in [2.75, 3.05) is 0 Å². The van der Waals surface area contributed by atoms with Crippen molar-refractivity contribution in [3.8, 4) is 33.4 Å². The average Bonchev–Trinajstić information content (AvgIpc) is 3.21. The fourth-order valence-electron chi connectivity index (χ4n) is 6.07. The minimum atomic E-state index is 1.27. The lowest BCUT2D eigenvalue weighted by molar-refractivity contribution is 1.65. The highest BCUT2D eigenvalue weighted by Crippen LogP contribution is 2.54. The summed E-state index contributed by atoms with van der Waals surface area (Å²) >= 11 is 0. The van der Waals surface area contributed by atoms with Gasteiger partial charge in [-0.3, -0.25) is 0 Å². The van der Waals surface area contributed by atoms with Gasteiger partial charge in [0, 0.05) is 0 Å². The van der Waals surface area contributed by atoms with Crippen molar-refractivity contribution in [1.29, 1.82) is 0 Å². The Balaban J connectivity index is 1.62. The van der Waals surface area contributed by atoms with Gasteiger partial charge in [0.1, 0.15) is 0 Å². The summed E-state index contributed by atoms with van der Waals surface area (Å²) in [5.74, 6) is 0. The molecule has 0 N–H and O–H groups in total. The van der Waals surface area contributed by atoms with Gasteiger partial charge in [-0.2, -0.15) is 0 Å². The summed E-state index contributed by atoms with van der Waals surface area (Å²) in [7, 11) is 0. The average molecular weight is 429 g/mol. The van der Waals surface area contributed by atoms with Crippen LogP contribution in [-0.2, 0) is 0 Å². The van der Waals surface area contributed by atoms with Crippen LogP contribution in [0.4, 0.5) is 0 Å². The van der Waals surface area contributed by atoms with E-state index in [4.69, 9.17) is 0 Å². The van der Waals surface area contributed by atoms with Gasteiger partial charge in [0.2, 0.25) is 0 Å². The lowest BCUT2D eigenvalue weighted by Gasteiger charge is -2.16. The molecule has 1 aliphatic carbocycles. The van der Waals surface area contributed by atoms with Crippen LogP contribution in [0, 0.1) is 0 Å². The molecule has 0 heteroatoms. The Bertz CT molecular complexity index is 1940. The summed E-state index contributed by atoms with van der Waals surface area (Å²) in [5.41, 5.74) is 8.03. The molecule has 34 heavy (non-hydrogen) atoms. The molecule has 0 radical (unpaired) electrons. The molecule has 0 spiro atoms. The third kappa shape index (κ3) is 2.32. The van der Waals surface area contributed by atoms with E-state index in [1.165, 1.54) is 76.5 Å². The van der Waals surface area contributed by atoms with Crippen molar-refractivity contribution in [2.45, 2.75) is 0 Å². The second kappa shape index (κ2) is 6.56. The lowest BCUT2D eigenvalue weighted by atomic mass is 9.87. The molecule has 0 fully saturated rings. The molecule has 0 aliphatic heterocycles. The fourth-order valence-corrected chi connectivity index (χ4v) is 6.07. The highest BCUT2D eigenvalue weighted by Gasteiger charge is 2.27. The molecule has 156 valence electrons. The smallest absolute Gasteiger partial charge is 0.00137 e. The first kappa shape index (κ1) is 18.1. The Labute approximate surface area is 197 Å². The van der Waals surface area contributed by atoms with Crippen LogP contribution < -0.4 is 0 Å². The molecule has 0 atom stereocenters. The Morgan fingerprint density at radius 1 is 0.324 bits per heavy atom. The second-order valence-corrected chi connectivity index (χ2v) is 9.33. The van der Waals surface area contributed by atoms with Crippen molar-refractivity contribution in [3.05, 3.63) is 121 Å². The molecular formula is C34H20. The third-order valence-corrected chi connectivity index (χ3v) is 7.51. The zero-order valence-corrected chi connectivity index (χ0v) is 18.5. The van der Waals surface area contributed by atoms with Crippen LogP contribution in [0.5, 0.6) is 0 Å². The van der Waals surface area contributed by atoms with Gasteiger partial charge < -0.3 is 0 Å². The van der Waals surface area contributed by atoms with Gasteiger partial charge in [0.05, 0.1) is 0 Å². The molecule has 8 rings (SSSR count).